The molecule has 3 aromatic heterocycles. The lowest BCUT2D eigenvalue weighted by atomic mass is 10.2. The fourth-order valence-corrected chi connectivity index (χ4v) is 3.73. The van der Waals surface area contributed by atoms with E-state index in [0.29, 0.717) is 11.4 Å². The molecule has 0 aliphatic rings. The van der Waals surface area contributed by atoms with Gasteiger partial charge in [-0.05, 0) is 55.1 Å². The van der Waals surface area contributed by atoms with E-state index in [9.17, 15) is 23.1 Å². The van der Waals surface area contributed by atoms with Crippen LogP contribution in [0.1, 0.15) is 11.3 Å². The molecule has 0 aliphatic heterocycles. The zero-order chi connectivity index (χ0) is 22.2. The number of aromatic hydroxyl groups is 1. The SMILES string of the molecule is Cc1c(O)n(-c2ccc(SC(F)(F)F)cc2)c(=O)n1Cc1ccncc1-n1cccn1. The lowest BCUT2D eigenvalue weighted by Gasteiger charge is -2.10. The third kappa shape index (κ3) is 4.22. The van der Waals surface area contributed by atoms with E-state index < -0.39 is 11.2 Å². The fraction of sp³-hybridized carbons (Fsp3) is 0.150. The van der Waals surface area contributed by atoms with E-state index in [1.165, 1.54) is 28.8 Å². The van der Waals surface area contributed by atoms with Gasteiger partial charge in [0.15, 0.2) is 0 Å². The summed E-state index contributed by atoms with van der Waals surface area (Å²) in [6, 6.07) is 8.74. The molecule has 0 atom stereocenters. The molecule has 0 bridgehead atoms. The second-order valence-corrected chi connectivity index (χ2v) is 7.75. The van der Waals surface area contributed by atoms with E-state index in [4.69, 9.17) is 0 Å². The Morgan fingerprint density at radius 3 is 2.52 bits per heavy atom. The van der Waals surface area contributed by atoms with E-state index in [2.05, 4.69) is 10.1 Å². The monoisotopic (exact) mass is 447 g/mol. The predicted octanol–water partition coefficient (Wildman–Crippen LogP) is 3.89. The molecule has 4 aromatic rings. The van der Waals surface area contributed by atoms with E-state index in [1.54, 1.807) is 48.5 Å². The van der Waals surface area contributed by atoms with Gasteiger partial charge in [0.05, 0.1) is 29.8 Å². The minimum absolute atomic E-state index is 0.0133. The number of hydrogen-bond acceptors (Lipinski definition) is 5. The van der Waals surface area contributed by atoms with Crippen molar-refractivity contribution in [2.45, 2.75) is 23.9 Å². The lowest BCUT2D eigenvalue weighted by molar-refractivity contribution is -0.0328. The van der Waals surface area contributed by atoms with Gasteiger partial charge in [0, 0.05) is 29.0 Å². The summed E-state index contributed by atoms with van der Waals surface area (Å²) in [6.45, 7) is 1.74. The number of rotatable bonds is 5. The van der Waals surface area contributed by atoms with Gasteiger partial charge in [-0.1, -0.05) is 0 Å². The molecule has 0 unspecified atom stereocenters. The average Bonchev–Trinajstić information content (AvgIpc) is 3.32. The molecule has 11 heteroatoms. The Labute approximate surface area is 178 Å². The number of nitrogens with zero attached hydrogens (tertiary/aromatic N) is 5. The van der Waals surface area contributed by atoms with E-state index in [0.717, 1.165) is 10.1 Å². The summed E-state index contributed by atoms with van der Waals surface area (Å²) in [4.78, 5) is 17.2. The number of alkyl halides is 3. The van der Waals surface area contributed by atoms with Crippen LogP contribution in [-0.2, 0) is 6.54 Å². The van der Waals surface area contributed by atoms with E-state index in [1.807, 2.05) is 0 Å². The van der Waals surface area contributed by atoms with Gasteiger partial charge in [0.25, 0.3) is 0 Å². The number of imidazole rings is 1. The molecule has 3 heterocycles. The van der Waals surface area contributed by atoms with Gasteiger partial charge in [-0.2, -0.15) is 18.3 Å². The molecule has 0 amide bonds. The Morgan fingerprint density at radius 1 is 1.13 bits per heavy atom. The predicted molar refractivity (Wildman–Crippen MR) is 109 cm³/mol. The van der Waals surface area contributed by atoms with Crippen LogP contribution in [0.2, 0.25) is 0 Å². The van der Waals surface area contributed by atoms with Crippen LogP contribution in [0.25, 0.3) is 11.4 Å². The van der Waals surface area contributed by atoms with Gasteiger partial charge >= 0.3 is 11.2 Å². The molecular weight excluding hydrogens is 431 g/mol. The minimum Gasteiger partial charge on any atom is -0.493 e. The Kier molecular flexibility index (Phi) is 5.36. The first-order valence-electron chi connectivity index (χ1n) is 9.05. The molecular formula is C20H16F3N5O2S. The van der Waals surface area contributed by atoms with Crippen molar-refractivity contribution >= 4 is 11.8 Å². The molecule has 1 N–H and O–H groups in total. The molecule has 0 radical (unpaired) electrons. The molecule has 0 spiro atoms. The third-order valence-electron chi connectivity index (χ3n) is 4.66. The molecule has 0 aliphatic carbocycles. The zero-order valence-corrected chi connectivity index (χ0v) is 16.9. The van der Waals surface area contributed by atoms with Crippen LogP contribution in [0.5, 0.6) is 5.88 Å². The molecule has 0 saturated carbocycles. The van der Waals surface area contributed by atoms with Gasteiger partial charge in [-0.15, -0.1) is 0 Å². The highest BCUT2D eigenvalue weighted by Gasteiger charge is 2.29. The highest BCUT2D eigenvalue weighted by Crippen LogP contribution is 2.37. The minimum atomic E-state index is -4.41. The Bertz CT molecular complexity index is 1260. The summed E-state index contributed by atoms with van der Waals surface area (Å²) in [5.74, 6) is -0.282. The highest BCUT2D eigenvalue weighted by molar-refractivity contribution is 8.00. The second-order valence-electron chi connectivity index (χ2n) is 6.61. The number of benzene rings is 1. The number of halogens is 3. The first-order valence-corrected chi connectivity index (χ1v) is 9.86. The maximum atomic E-state index is 13.1. The summed E-state index contributed by atoms with van der Waals surface area (Å²) >= 11 is -0.246. The molecule has 7 nitrogen and oxygen atoms in total. The van der Waals surface area contributed by atoms with Crippen molar-refractivity contribution in [2.75, 3.05) is 0 Å². The summed E-state index contributed by atoms with van der Waals surface area (Å²) in [7, 11) is 0. The van der Waals surface area contributed by atoms with Crippen LogP contribution >= 0.6 is 11.8 Å². The van der Waals surface area contributed by atoms with Crippen LogP contribution in [0.4, 0.5) is 13.2 Å². The summed E-state index contributed by atoms with van der Waals surface area (Å²) in [6.07, 6.45) is 6.59. The van der Waals surface area contributed by atoms with Crippen molar-refractivity contribution in [1.29, 1.82) is 0 Å². The van der Waals surface area contributed by atoms with Crippen LogP contribution in [0.15, 0.2) is 70.9 Å². The molecule has 160 valence electrons. The van der Waals surface area contributed by atoms with Crippen molar-refractivity contribution in [3.63, 3.8) is 0 Å². The lowest BCUT2D eigenvalue weighted by Crippen LogP contribution is -2.24. The van der Waals surface area contributed by atoms with Crippen LogP contribution in [-0.4, -0.2) is 34.5 Å². The largest absolute Gasteiger partial charge is 0.493 e. The van der Waals surface area contributed by atoms with Gasteiger partial charge < -0.3 is 5.11 Å². The Balaban J connectivity index is 1.71. The maximum Gasteiger partial charge on any atom is 0.446 e. The van der Waals surface area contributed by atoms with Crippen LogP contribution < -0.4 is 5.69 Å². The van der Waals surface area contributed by atoms with E-state index in [-0.39, 0.29) is 34.8 Å². The zero-order valence-electron chi connectivity index (χ0n) is 16.1. The highest BCUT2D eigenvalue weighted by atomic mass is 32.2. The fourth-order valence-electron chi connectivity index (χ4n) is 3.19. The van der Waals surface area contributed by atoms with Crippen molar-refractivity contribution < 1.29 is 18.3 Å². The molecule has 1 aromatic carbocycles. The van der Waals surface area contributed by atoms with Crippen molar-refractivity contribution in [1.82, 2.24) is 23.9 Å². The number of aromatic nitrogens is 5. The van der Waals surface area contributed by atoms with Gasteiger partial charge in [0.1, 0.15) is 0 Å². The normalized spacial score (nSPS) is 11.7. The number of hydrogen-bond donors (Lipinski definition) is 1. The quantitative estimate of drug-likeness (QED) is 0.470. The summed E-state index contributed by atoms with van der Waals surface area (Å²) in [5.41, 5.74) is -2.91. The topological polar surface area (TPSA) is 77.9 Å². The Morgan fingerprint density at radius 2 is 1.87 bits per heavy atom. The van der Waals surface area contributed by atoms with Crippen LogP contribution in [0.3, 0.4) is 0 Å². The van der Waals surface area contributed by atoms with Gasteiger partial charge in [-0.3, -0.25) is 9.55 Å². The van der Waals surface area contributed by atoms with Crippen molar-refractivity contribution in [2.24, 2.45) is 0 Å². The number of pyridine rings is 1. The summed E-state index contributed by atoms with van der Waals surface area (Å²) < 4.78 is 41.7. The third-order valence-corrected chi connectivity index (χ3v) is 5.40. The smallest absolute Gasteiger partial charge is 0.446 e. The number of thioether (sulfide) groups is 1. The second kappa shape index (κ2) is 7.99. The molecule has 0 saturated heterocycles. The molecule has 4 rings (SSSR count). The first kappa shape index (κ1) is 20.8. The van der Waals surface area contributed by atoms with Crippen molar-refractivity contribution in [3.05, 3.63) is 82.9 Å². The first-order chi connectivity index (χ1) is 14.7. The maximum absolute atomic E-state index is 13.1. The molecule has 31 heavy (non-hydrogen) atoms. The molecule has 0 fully saturated rings. The van der Waals surface area contributed by atoms with Crippen molar-refractivity contribution in [3.8, 4) is 17.3 Å². The summed E-state index contributed by atoms with van der Waals surface area (Å²) in [5, 5.41) is 14.8. The van der Waals surface area contributed by atoms with Crippen LogP contribution in [0, 0.1) is 6.92 Å². The van der Waals surface area contributed by atoms with Gasteiger partial charge in [-0.25, -0.2) is 14.0 Å². The average molecular weight is 447 g/mol. The van der Waals surface area contributed by atoms with Gasteiger partial charge in [0.2, 0.25) is 5.88 Å². The standard InChI is InChI=1S/C20H16F3N5O2S/c1-13-18(29)28(15-3-5-16(6-4-15)31-20(21,22)23)19(30)26(13)12-14-7-9-24-11-17(14)27-10-2-8-25-27/h2-11,29H,12H2,1H3. The Hall–Kier alpha value is -3.47. The van der Waals surface area contributed by atoms with E-state index >= 15 is 0 Å².